The molecule has 0 aliphatic heterocycles. The van der Waals surface area contributed by atoms with Gasteiger partial charge in [-0.05, 0) is 38.1 Å². The van der Waals surface area contributed by atoms with E-state index in [1.807, 2.05) is 0 Å². The third-order valence-corrected chi connectivity index (χ3v) is 4.32. The molecule has 0 amide bonds. The van der Waals surface area contributed by atoms with Crippen LogP contribution >= 0.6 is 11.6 Å². The average Bonchev–Trinajstić information content (AvgIpc) is 3.04. The maximum Gasteiger partial charge on any atom is 0.292 e. The normalized spacial score (nSPS) is 13.4. The number of aryl methyl sites for hydroxylation is 1. The van der Waals surface area contributed by atoms with Crippen LogP contribution in [0, 0.1) is 18.6 Å². The van der Waals surface area contributed by atoms with E-state index in [2.05, 4.69) is 10.4 Å². The zero-order chi connectivity index (χ0) is 19.8. The zero-order valence-electron chi connectivity index (χ0n) is 14.5. The van der Waals surface area contributed by atoms with Crippen molar-refractivity contribution in [3.05, 3.63) is 75.1 Å². The van der Waals surface area contributed by atoms with E-state index >= 15 is 0 Å². The lowest BCUT2D eigenvalue weighted by atomic mass is 10.0. The molecule has 1 unspecified atom stereocenters. The molecule has 2 heterocycles. The summed E-state index contributed by atoms with van der Waals surface area (Å²) in [7, 11) is 0. The van der Waals surface area contributed by atoms with Crippen molar-refractivity contribution in [2.24, 2.45) is 0 Å². The van der Waals surface area contributed by atoms with Gasteiger partial charge in [-0.2, -0.15) is 9.78 Å². The van der Waals surface area contributed by atoms with Crippen LogP contribution in [0.3, 0.4) is 0 Å². The molecule has 0 bridgehead atoms. The smallest absolute Gasteiger partial charge is 0.292 e. The number of nitrogens with zero attached hydrogens (tertiary/aromatic N) is 2. The van der Waals surface area contributed by atoms with Crippen molar-refractivity contribution in [1.29, 1.82) is 0 Å². The first-order chi connectivity index (χ1) is 12.7. The third-order valence-electron chi connectivity index (χ3n) is 3.95. The Hall–Kier alpha value is -2.71. The summed E-state index contributed by atoms with van der Waals surface area (Å²) in [5.41, 5.74) is -2.23. The fourth-order valence-electron chi connectivity index (χ4n) is 2.46. The van der Waals surface area contributed by atoms with E-state index in [9.17, 15) is 18.7 Å². The highest BCUT2D eigenvalue weighted by atomic mass is 35.5. The van der Waals surface area contributed by atoms with Gasteiger partial charge >= 0.3 is 0 Å². The topological polar surface area (TPSA) is 80.3 Å². The van der Waals surface area contributed by atoms with Gasteiger partial charge in [-0.25, -0.2) is 8.78 Å². The van der Waals surface area contributed by atoms with Crippen molar-refractivity contribution in [3.63, 3.8) is 0 Å². The molecular formula is C18H16ClF2N3O3. The van der Waals surface area contributed by atoms with Gasteiger partial charge in [-0.1, -0.05) is 11.6 Å². The van der Waals surface area contributed by atoms with Crippen molar-refractivity contribution >= 4 is 17.3 Å². The van der Waals surface area contributed by atoms with E-state index in [4.69, 9.17) is 16.0 Å². The molecule has 27 heavy (non-hydrogen) atoms. The molecule has 0 aliphatic carbocycles. The number of aliphatic hydroxyl groups is 1. The van der Waals surface area contributed by atoms with Crippen LogP contribution in [-0.2, 0) is 5.60 Å². The molecule has 1 aromatic carbocycles. The van der Waals surface area contributed by atoms with Crippen LogP contribution in [-0.4, -0.2) is 21.4 Å². The Balaban J connectivity index is 1.86. The van der Waals surface area contributed by atoms with Crippen molar-refractivity contribution < 1.29 is 18.3 Å². The summed E-state index contributed by atoms with van der Waals surface area (Å²) >= 11 is 6.07. The molecule has 3 rings (SSSR count). The average molecular weight is 396 g/mol. The SMILES string of the molecule is Cc1ccc(C(C)(O)CNc2cnn(-c3ccc(F)cc3F)c(=O)c2Cl)o1. The van der Waals surface area contributed by atoms with Gasteiger partial charge < -0.3 is 14.8 Å². The van der Waals surface area contributed by atoms with E-state index in [0.29, 0.717) is 17.6 Å². The number of furan rings is 1. The van der Waals surface area contributed by atoms with Crippen LogP contribution in [0.1, 0.15) is 18.4 Å². The monoisotopic (exact) mass is 395 g/mol. The van der Waals surface area contributed by atoms with E-state index in [1.54, 1.807) is 19.1 Å². The lowest BCUT2D eigenvalue weighted by Gasteiger charge is -2.22. The minimum absolute atomic E-state index is 0.0181. The van der Waals surface area contributed by atoms with E-state index < -0.39 is 22.8 Å². The molecule has 0 spiro atoms. The molecule has 0 saturated heterocycles. The molecule has 1 atom stereocenters. The highest BCUT2D eigenvalue weighted by Gasteiger charge is 2.27. The molecule has 2 N–H and O–H groups in total. The van der Waals surface area contributed by atoms with Gasteiger partial charge in [0.2, 0.25) is 0 Å². The standard InChI is InChI=1S/C18H16ClF2N3O3/c1-10-3-6-15(27-10)18(2,26)9-22-13-8-23-24(17(25)16(13)19)14-5-4-11(20)7-12(14)21/h3-8,22,26H,9H2,1-2H3. The van der Waals surface area contributed by atoms with Crippen molar-refractivity contribution in [2.45, 2.75) is 19.4 Å². The predicted molar refractivity (Wildman–Crippen MR) is 96.3 cm³/mol. The van der Waals surface area contributed by atoms with Crippen LogP contribution in [0.25, 0.3) is 5.69 Å². The highest BCUT2D eigenvalue weighted by molar-refractivity contribution is 6.32. The summed E-state index contributed by atoms with van der Waals surface area (Å²) in [6, 6.07) is 6.11. The Morgan fingerprint density at radius 2 is 2.07 bits per heavy atom. The predicted octanol–water partition coefficient (Wildman–Crippen LogP) is 3.39. The second-order valence-corrected chi connectivity index (χ2v) is 6.60. The second kappa shape index (κ2) is 7.13. The third kappa shape index (κ3) is 3.86. The van der Waals surface area contributed by atoms with Crippen molar-refractivity contribution in [2.75, 3.05) is 11.9 Å². The Morgan fingerprint density at radius 3 is 2.70 bits per heavy atom. The summed E-state index contributed by atoms with van der Waals surface area (Å²) in [4.78, 5) is 12.4. The zero-order valence-corrected chi connectivity index (χ0v) is 15.2. The maximum atomic E-state index is 13.9. The van der Waals surface area contributed by atoms with Crippen LogP contribution in [0.4, 0.5) is 14.5 Å². The molecule has 0 saturated carbocycles. The van der Waals surface area contributed by atoms with E-state index in [1.165, 1.54) is 13.1 Å². The lowest BCUT2D eigenvalue weighted by Crippen LogP contribution is -2.31. The first kappa shape index (κ1) is 19.1. The quantitative estimate of drug-likeness (QED) is 0.692. The molecule has 0 fully saturated rings. The number of aromatic nitrogens is 2. The summed E-state index contributed by atoms with van der Waals surface area (Å²) in [6.45, 7) is 3.27. The van der Waals surface area contributed by atoms with Gasteiger partial charge in [0.05, 0.1) is 18.4 Å². The Bertz CT molecular complexity index is 1050. The van der Waals surface area contributed by atoms with Gasteiger partial charge in [0, 0.05) is 6.07 Å². The van der Waals surface area contributed by atoms with E-state index in [-0.39, 0.29) is 22.9 Å². The molecule has 0 aliphatic rings. The molecule has 2 aromatic heterocycles. The Labute approximate surface area is 158 Å². The first-order valence-electron chi connectivity index (χ1n) is 7.95. The summed E-state index contributed by atoms with van der Waals surface area (Å²) in [5, 5.41) is 17.0. The minimum atomic E-state index is -1.37. The van der Waals surface area contributed by atoms with Gasteiger partial charge in [0.25, 0.3) is 5.56 Å². The second-order valence-electron chi connectivity index (χ2n) is 6.22. The maximum absolute atomic E-state index is 13.9. The molecule has 9 heteroatoms. The number of anilines is 1. The van der Waals surface area contributed by atoms with Gasteiger partial charge in [0.1, 0.15) is 33.6 Å². The molecule has 3 aromatic rings. The Kier molecular flexibility index (Phi) is 5.03. The largest absolute Gasteiger partial charge is 0.463 e. The summed E-state index contributed by atoms with van der Waals surface area (Å²) in [5.74, 6) is -0.728. The summed E-state index contributed by atoms with van der Waals surface area (Å²) in [6.07, 6.45) is 1.22. The minimum Gasteiger partial charge on any atom is -0.463 e. The van der Waals surface area contributed by atoms with Gasteiger partial charge in [-0.15, -0.1) is 0 Å². The van der Waals surface area contributed by atoms with Crippen molar-refractivity contribution in [3.8, 4) is 5.69 Å². The summed E-state index contributed by atoms with van der Waals surface area (Å²) < 4.78 is 33.1. The number of nitrogens with one attached hydrogen (secondary N) is 1. The van der Waals surface area contributed by atoms with Crippen LogP contribution in [0.2, 0.25) is 5.02 Å². The number of hydrogen-bond donors (Lipinski definition) is 2. The van der Waals surface area contributed by atoms with Gasteiger partial charge in [0.15, 0.2) is 5.82 Å². The van der Waals surface area contributed by atoms with Crippen LogP contribution in [0.15, 0.2) is 45.7 Å². The lowest BCUT2D eigenvalue weighted by molar-refractivity contribution is 0.0468. The number of rotatable bonds is 5. The number of halogens is 3. The molecule has 0 radical (unpaired) electrons. The van der Waals surface area contributed by atoms with Crippen molar-refractivity contribution in [1.82, 2.24) is 9.78 Å². The van der Waals surface area contributed by atoms with Crippen LogP contribution < -0.4 is 10.9 Å². The fraction of sp³-hybridized carbons (Fsp3) is 0.222. The molecular weight excluding hydrogens is 380 g/mol. The number of benzene rings is 1. The Morgan fingerprint density at radius 1 is 1.33 bits per heavy atom. The van der Waals surface area contributed by atoms with Gasteiger partial charge in [-0.3, -0.25) is 4.79 Å². The van der Waals surface area contributed by atoms with Crippen LogP contribution in [0.5, 0.6) is 0 Å². The number of hydrogen-bond acceptors (Lipinski definition) is 5. The first-order valence-corrected chi connectivity index (χ1v) is 8.33. The highest BCUT2D eigenvalue weighted by Crippen LogP contribution is 2.25. The van der Waals surface area contributed by atoms with E-state index in [0.717, 1.165) is 16.8 Å². The molecule has 142 valence electrons. The molecule has 6 nitrogen and oxygen atoms in total. The fourth-order valence-corrected chi connectivity index (χ4v) is 2.65.